The molecule has 1 unspecified atom stereocenters. The van der Waals surface area contributed by atoms with Gasteiger partial charge in [-0.05, 0) is 44.0 Å². The summed E-state index contributed by atoms with van der Waals surface area (Å²) in [6.45, 7) is 6.67. The third-order valence-electron chi connectivity index (χ3n) is 5.83. The molecule has 0 aliphatic carbocycles. The number of carbonyl (C=O) groups excluding carboxylic acids is 1. The number of allylic oxidation sites excluding steroid dienone is 1. The number of esters is 1. The number of benzene rings is 2. The number of hydrogen-bond donors (Lipinski definition) is 1. The van der Waals surface area contributed by atoms with Crippen LogP contribution in [0.15, 0.2) is 63.4 Å². The molecule has 1 aliphatic heterocycles. The molecular weight excluding hydrogens is 576 g/mol. The minimum absolute atomic E-state index is 0.278. The molecule has 4 rings (SSSR count). The molecule has 10 heteroatoms. The van der Waals surface area contributed by atoms with Crippen molar-refractivity contribution in [3.05, 3.63) is 74.4 Å². The third-order valence-corrected chi connectivity index (χ3v) is 7.73. The van der Waals surface area contributed by atoms with Crippen molar-refractivity contribution < 1.29 is 14.3 Å². The number of thioether (sulfide) groups is 1. The van der Waals surface area contributed by atoms with Crippen LogP contribution >= 0.6 is 39.3 Å². The average Bonchev–Trinajstić information content (AvgIpc) is 3.29. The van der Waals surface area contributed by atoms with Gasteiger partial charge in [0.2, 0.25) is 11.1 Å². The van der Waals surface area contributed by atoms with Gasteiger partial charge in [0.15, 0.2) is 0 Å². The topological polar surface area (TPSA) is 78.3 Å². The van der Waals surface area contributed by atoms with Crippen molar-refractivity contribution in [2.45, 2.75) is 57.8 Å². The average molecular weight is 606 g/mol. The molecule has 1 atom stereocenters. The molecule has 0 fully saturated rings. The van der Waals surface area contributed by atoms with Crippen LogP contribution in [0.25, 0.3) is 0 Å². The van der Waals surface area contributed by atoms with Gasteiger partial charge in [0.1, 0.15) is 18.4 Å². The van der Waals surface area contributed by atoms with Crippen LogP contribution in [0.5, 0.6) is 5.75 Å². The highest BCUT2D eigenvalue weighted by atomic mass is 79.9. The van der Waals surface area contributed by atoms with Crippen molar-refractivity contribution in [1.82, 2.24) is 14.8 Å². The van der Waals surface area contributed by atoms with Crippen molar-refractivity contribution in [2.24, 2.45) is 0 Å². The van der Waals surface area contributed by atoms with E-state index in [4.69, 9.17) is 26.2 Å². The fraction of sp³-hybridized carbons (Fsp3) is 0.370. The number of unbranched alkanes of at least 4 members (excludes halogenated alkanes) is 1. The number of carbonyl (C=O) groups is 1. The second-order valence-corrected chi connectivity index (χ2v) is 11.0. The van der Waals surface area contributed by atoms with E-state index in [0.29, 0.717) is 39.8 Å². The lowest BCUT2D eigenvalue weighted by atomic mass is 9.95. The van der Waals surface area contributed by atoms with E-state index in [-0.39, 0.29) is 12.6 Å². The van der Waals surface area contributed by atoms with Gasteiger partial charge in [0.25, 0.3) is 0 Å². The van der Waals surface area contributed by atoms with Crippen LogP contribution in [0.3, 0.4) is 0 Å². The highest BCUT2D eigenvalue weighted by Gasteiger charge is 2.37. The van der Waals surface area contributed by atoms with E-state index in [1.807, 2.05) is 49.4 Å². The molecule has 2 heterocycles. The second-order valence-electron chi connectivity index (χ2n) is 8.63. The van der Waals surface area contributed by atoms with Crippen LogP contribution in [0, 0.1) is 0 Å². The monoisotopic (exact) mass is 604 g/mol. The lowest BCUT2D eigenvalue weighted by Crippen LogP contribution is -2.30. The first-order valence-corrected chi connectivity index (χ1v) is 14.5. The molecular formula is C27H30BrClN4O3S. The molecule has 7 nitrogen and oxygen atoms in total. The van der Waals surface area contributed by atoms with Gasteiger partial charge < -0.3 is 14.8 Å². The van der Waals surface area contributed by atoms with E-state index < -0.39 is 6.04 Å². The molecule has 1 aliphatic rings. The summed E-state index contributed by atoms with van der Waals surface area (Å²) in [6, 6.07) is 12.7. The quantitative estimate of drug-likeness (QED) is 0.139. The first-order valence-electron chi connectivity index (χ1n) is 12.3. The molecule has 0 amide bonds. The van der Waals surface area contributed by atoms with E-state index >= 15 is 0 Å². The Bertz CT molecular complexity index is 1300. The van der Waals surface area contributed by atoms with Gasteiger partial charge in [-0.1, -0.05) is 77.8 Å². The predicted molar refractivity (Wildman–Crippen MR) is 151 cm³/mol. The number of ether oxygens (including phenoxy) is 2. The Morgan fingerprint density at radius 3 is 2.78 bits per heavy atom. The third kappa shape index (κ3) is 6.51. The van der Waals surface area contributed by atoms with Crippen LogP contribution in [-0.4, -0.2) is 33.1 Å². The smallest absolute Gasteiger partial charge is 0.338 e. The summed E-state index contributed by atoms with van der Waals surface area (Å²) in [5.74, 6) is 1.70. The Balaban J connectivity index is 1.77. The lowest BCUT2D eigenvalue weighted by Gasteiger charge is -2.29. The number of nitrogens with one attached hydrogen (secondary N) is 1. The zero-order valence-corrected chi connectivity index (χ0v) is 24.3. The molecule has 0 spiro atoms. The maximum absolute atomic E-state index is 13.4. The van der Waals surface area contributed by atoms with Gasteiger partial charge in [-0.3, -0.25) is 0 Å². The van der Waals surface area contributed by atoms with E-state index in [9.17, 15) is 4.79 Å². The summed E-state index contributed by atoms with van der Waals surface area (Å²) in [4.78, 5) is 18.1. The van der Waals surface area contributed by atoms with Gasteiger partial charge in [0, 0.05) is 32.1 Å². The van der Waals surface area contributed by atoms with E-state index in [1.165, 1.54) is 0 Å². The summed E-state index contributed by atoms with van der Waals surface area (Å²) in [7, 11) is 0. The van der Waals surface area contributed by atoms with Crippen molar-refractivity contribution in [2.75, 3.05) is 17.7 Å². The Kier molecular flexibility index (Phi) is 9.56. The number of hydrogen-bond acceptors (Lipinski definition) is 7. The largest absolute Gasteiger partial charge is 0.488 e. The zero-order valence-electron chi connectivity index (χ0n) is 21.1. The van der Waals surface area contributed by atoms with Crippen LogP contribution in [-0.2, 0) is 16.1 Å². The van der Waals surface area contributed by atoms with E-state index in [2.05, 4.69) is 40.1 Å². The van der Waals surface area contributed by atoms with Crippen molar-refractivity contribution in [3.8, 4) is 5.75 Å². The summed E-state index contributed by atoms with van der Waals surface area (Å²) >= 11 is 11.6. The zero-order chi connectivity index (χ0) is 26.4. The van der Waals surface area contributed by atoms with Gasteiger partial charge in [-0.2, -0.15) is 4.98 Å². The van der Waals surface area contributed by atoms with Crippen molar-refractivity contribution in [1.29, 1.82) is 0 Å². The number of nitrogens with zero attached hydrogens (tertiary/aromatic N) is 3. The van der Waals surface area contributed by atoms with Gasteiger partial charge in [0.05, 0.1) is 12.2 Å². The fourth-order valence-corrected chi connectivity index (χ4v) is 5.21. The molecule has 3 aromatic rings. The normalized spacial score (nSPS) is 14.8. The van der Waals surface area contributed by atoms with Crippen molar-refractivity contribution >= 4 is 51.2 Å². The molecule has 1 N–H and O–H groups in total. The highest BCUT2D eigenvalue weighted by Crippen LogP contribution is 2.41. The summed E-state index contributed by atoms with van der Waals surface area (Å²) in [5.41, 5.74) is 2.79. The Morgan fingerprint density at radius 2 is 2.03 bits per heavy atom. The summed E-state index contributed by atoms with van der Waals surface area (Å²) < 4.78 is 14.6. The molecule has 0 bridgehead atoms. The summed E-state index contributed by atoms with van der Waals surface area (Å²) in [6.07, 6.45) is 2.73. The molecule has 196 valence electrons. The number of fused-ring (bicyclic) bond motifs is 1. The molecule has 0 saturated carbocycles. The lowest BCUT2D eigenvalue weighted by molar-refractivity contribution is -0.139. The molecule has 37 heavy (non-hydrogen) atoms. The SMILES string of the molecule is CCCCOC(=O)C1=C(C)Nc2nc(SCCC)nn2C1c1cc(Br)ccc1OCc1ccccc1Cl. The Labute approximate surface area is 235 Å². The van der Waals surface area contributed by atoms with Gasteiger partial charge in [-0.15, -0.1) is 5.10 Å². The fourth-order valence-electron chi connectivity index (χ4n) is 3.96. The van der Waals surface area contributed by atoms with Crippen LogP contribution in [0.1, 0.15) is 57.2 Å². The van der Waals surface area contributed by atoms with E-state index in [1.54, 1.807) is 16.4 Å². The number of rotatable bonds is 11. The first kappa shape index (κ1) is 27.5. The predicted octanol–water partition coefficient (Wildman–Crippen LogP) is 7.41. The Hall–Kier alpha value is -2.49. The minimum atomic E-state index is -0.590. The highest BCUT2D eigenvalue weighted by molar-refractivity contribution is 9.10. The van der Waals surface area contributed by atoms with Crippen LogP contribution < -0.4 is 10.1 Å². The van der Waals surface area contributed by atoms with Crippen LogP contribution in [0.2, 0.25) is 5.02 Å². The number of aromatic nitrogens is 3. The Morgan fingerprint density at radius 1 is 1.22 bits per heavy atom. The number of anilines is 1. The molecule has 0 saturated heterocycles. The van der Waals surface area contributed by atoms with E-state index in [0.717, 1.165) is 40.6 Å². The standard InChI is InChI=1S/C27H30BrClN4O3S/c1-4-6-13-35-25(34)23-17(3)30-26-31-27(37-14-5-2)32-33(26)24(23)20-15-19(28)11-12-22(20)36-16-18-9-7-8-10-21(18)29/h7-12,15,24H,4-6,13-14,16H2,1-3H3,(H,30,31,32). The maximum atomic E-state index is 13.4. The van der Waals surface area contributed by atoms with Crippen molar-refractivity contribution in [3.63, 3.8) is 0 Å². The maximum Gasteiger partial charge on any atom is 0.338 e. The number of halogens is 2. The summed E-state index contributed by atoms with van der Waals surface area (Å²) in [5, 5.41) is 9.33. The van der Waals surface area contributed by atoms with Gasteiger partial charge >= 0.3 is 5.97 Å². The first-order chi connectivity index (χ1) is 17.9. The second kappa shape index (κ2) is 12.8. The minimum Gasteiger partial charge on any atom is -0.488 e. The van der Waals surface area contributed by atoms with Gasteiger partial charge in [-0.25, -0.2) is 9.48 Å². The van der Waals surface area contributed by atoms with Crippen LogP contribution in [0.4, 0.5) is 5.95 Å². The molecule has 2 aromatic carbocycles. The molecule has 0 radical (unpaired) electrons. The molecule has 1 aromatic heterocycles.